The molecule has 0 spiro atoms. The monoisotopic (exact) mass is 228 g/mol. The Hall–Kier alpha value is -1.49. The summed E-state index contributed by atoms with van der Waals surface area (Å²) in [4.78, 5) is 0. The van der Waals surface area contributed by atoms with Gasteiger partial charge >= 0.3 is 0 Å². The van der Waals surface area contributed by atoms with Gasteiger partial charge in [-0.15, -0.1) is 0 Å². The number of nitrogens with zero attached hydrogens (tertiary/aromatic N) is 1. The van der Waals surface area contributed by atoms with E-state index >= 15 is 0 Å². The fraction of sp³-hybridized carbons (Fsp3) is 0.273. The molecule has 0 aliphatic rings. The third-order valence-corrected chi connectivity index (χ3v) is 2.58. The molecule has 0 amide bonds. The Bertz CT molecular complexity index is 546. The largest absolute Gasteiger partial charge is 0.341 e. The molecule has 2 N–H and O–H groups in total. The average Bonchev–Trinajstić information content (AvgIpc) is 2.53. The van der Waals surface area contributed by atoms with E-state index in [1.54, 1.807) is 17.6 Å². The van der Waals surface area contributed by atoms with Crippen molar-refractivity contribution in [3.63, 3.8) is 0 Å². The zero-order valence-electron chi connectivity index (χ0n) is 8.73. The second-order valence-corrected chi connectivity index (χ2v) is 3.65. The van der Waals surface area contributed by atoms with Crippen LogP contribution >= 0.6 is 0 Å². The van der Waals surface area contributed by atoms with Gasteiger partial charge in [0.2, 0.25) is 0 Å². The number of fused-ring (bicyclic) bond motifs is 1. The first-order valence-electron chi connectivity index (χ1n) is 4.89. The Morgan fingerprint density at radius 1 is 1.19 bits per heavy atom. The van der Waals surface area contributed by atoms with Crippen molar-refractivity contribution >= 4 is 10.9 Å². The van der Waals surface area contributed by atoms with E-state index in [0.717, 1.165) is 11.8 Å². The molecule has 86 valence electrons. The molecule has 0 unspecified atom stereocenters. The van der Waals surface area contributed by atoms with Crippen LogP contribution in [0.2, 0.25) is 0 Å². The third kappa shape index (κ3) is 1.48. The smallest absolute Gasteiger partial charge is 0.196 e. The molecule has 2 nitrogen and oxygen atoms in total. The van der Waals surface area contributed by atoms with Crippen LogP contribution in [0.4, 0.5) is 13.2 Å². The van der Waals surface area contributed by atoms with Crippen LogP contribution in [0.3, 0.4) is 0 Å². The molecule has 0 radical (unpaired) electrons. The summed E-state index contributed by atoms with van der Waals surface area (Å²) in [6.07, 6.45) is 0. The van der Waals surface area contributed by atoms with Crippen LogP contribution in [0.1, 0.15) is 5.69 Å². The van der Waals surface area contributed by atoms with Crippen LogP contribution in [-0.2, 0) is 6.54 Å². The summed E-state index contributed by atoms with van der Waals surface area (Å²) in [5, 5.41) is 0.349. The van der Waals surface area contributed by atoms with E-state index in [-0.39, 0.29) is 5.52 Å². The van der Waals surface area contributed by atoms with Gasteiger partial charge in [-0.2, -0.15) is 0 Å². The molecule has 0 aliphatic carbocycles. The maximum Gasteiger partial charge on any atom is 0.196 e. The van der Waals surface area contributed by atoms with Gasteiger partial charge in [-0.05, 0) is 19.1 Å². The van der Waals surface area contributed by atoms with Gasteiger partial charge in [0, 0.05) is 24.2 Å². The summed E-state index contributed by atoms with van der Waals surface area (Å²) in [5.74, 6) is -3.77. The van der Waals surface area contributed by atoms with Crippen molar-refractivity contribution in [3.05, 3.63) is 35.3 Å². The van der Waals surface area contributed by atoms with Crippen LogP contribution < -0.4 is 5.73 Å². The topological polar surface area (TPSA) is 30.9 Å². The second kappa shape index (κ2) is 3.83. The van der Waals surface area contributed by atoms with Crippen molar-refractivity contribution in [2.45, 2.75) is 13.5 Å². The molecule has 0 bridgehead atoms. The van der Waals surface area contributed by atoms with Gasteiger partial charge < -0.3 is 10.3 Å². The first-order chi connectivity index (χ1) is 7.56. The minimum absolute atomic E-state index is 0.0712. The van der Waals surface area contributed by atoms with Crippen LogP contribution in [-0.4, -0.2) is 11.1 Å². The molecule has 2 aromatic rings. The number of halogens is 3. The van der Waals surface area contributed by atoms with Crippen molar-refractivity contribution in [2.75, 3.05) is 6.54 Å². The number of hydrogen-bond donors (Lipinski definition) is 1. The molecule has 1 aromatic heterocycles. The van der Waals surface area contributed by atoms with Crippen LogP contribution in [0.25, 0.3) is 10.9 Å². The van der Waals surface area contributed by atoms with Gasteiger partial charge in [-0.1, -0.05) is 0 Å². The average molecular weight is 228 g/mol. The van der Waals surface area contributed by atoms with Crippen molar-refractivity contribution in [1.82, 2.24) is 4.57 Å². The normalized spacial score (nSPS) is 11.3. The van der Waals surface area contributed by atoms with Crippen molar-refractivity contribution in [1.29, 1.82) is 0 Å². The SMILES string of the molecule is Cc1cc2cc(F)c(F)c(F)c2n1CCN. The third-order valence-electron chi connectivity index (χ3n) is 2.58. The van der Waals surface area contributed by atoms with Gasteiger partial charge in [0.15, 0.2) is 17.5 Å². The second-order valence-electron chi connectivity index (χ2n) is 3.65. The molecular weight excluding hydrogens is 217 g/mol. The van der Waals surface area contributed by atoms with Gasteiger partial charge in [0.05, 0.1) is 5.52 Å². The van der Waals surface area contributed by atoms with Gasteiger partial charge in [0.25, 0.3) is 0 Å². The van der Waals surface area contributed by atoms with E-state index in [2.05, 4.69) is 0 Å². The highest BCUT2D eigenvalue weighted by Crippen LogP contribution is 2.26. The predicted molar refractivity (Wildman–Crippen MR) is 55.6 cm³/mol. The van der Waals surface area contributed by atoms with E-state index < -0.39 is 17.5 Å². The Labute approximate surface area is 90.5 Å². The highest BCUT2D eigenvalue weighted by Gasteiger charge is 2.17. The van der Waals surface area contributed by atoms with E-state index in [0.29, 0.717) is 18.5 Å². The van der Waals surface area contributed by atoms with E-state index in [4.69, 9.17) is 5.73 Å². The molecule has 5 heteroatoms. The van der Waals surface area contributed by atoms with Crippen LogP contribution in [0, 0.1) is 24.4 Å². The molecule has 0 saturated heterocycles. The van der Waals surface area contributed by atoms with Gasteiger partial charge in [-0.3, -0.25) is 0 Å². The van der Waals surface area contributed by atoms with Crippen molar-refractivity contribution in [2.24, 2.45) is 5.73 Å². The van der Waals surface area contributed by atoms with E-state index in [1.165, 1.54) is 0 Å². The van der Waals surface area contributed by atoms with Crippen LogP contribution in [0.5, 0.6) is 0 Å². The minimum atomic E-state index is -1.44. The molecule has 0 fully saturated rings. The fourth-order valence-corrected chi connectivity index (χ4v) is 1.88. The molecule has 16 heavy (non-hydrogen) atoms. The minimum Gasteiger partial charge on any atom is -0.341 e. The van der Waals surface area contributed by atoms with E-state index in [9.17, 15) is 13.2 Å². The molecule has 0 saturated carbocycles. The summed E-state index contributed by atoms with van der Waals surface area (Å²) in [6, 6.07) is 2.60. The number of aromatic nitrogens is 1. The Balaban J connectivity index is 2.82. The molecule has 2 rings (SSSR count). The molecule has 0 aliphatic heterocycles. The summed E-state index contributed by atoms with van der Waals surface area (Å²) < 4.78 is 41.2. The maximum absolute atomic E-state index is 13.6. The molecule has 1 heterocycles. The lowest BCUT2D eigenvalue weighted by atomic mass is 10.2. The summed E-state index contributed by atoms with van der Waals surface area (Å²) in [5.41, 5.74) is 6.18. The first-order valence-corrected chi connectivity index (χ1v) is 4.89. The quantitative estimate of drug-likeness (QED) is 0.786. The standard InChI is InChI=1S/C11H11F3N2/c1-6-4-7-5-8(12)9(13)10(14)11(7)16(6)3-2-15/h4-5H,2-3,15H2,1H3. The number of benzene rings is 1. The summed E-state index contributed by atoms with van der Waals surface area (Å²) in [6.45, 7) is 2.42. The highest BCUT2D eigenvalue weighted by molar-refractivity contribution is 5.82. The lowest BCUT2D eigenvalue weighted by molar-refractivity contribution is 0.450. The number of nitrogens with two attached hydrogens (primary N) is 1. The Morgan fingerprint density at radius 3 is 2.50 bits per heavy atom. The number of aryl methyl sites for hydroxylation is 1. The van der Waals surface area contributed by atoms with Crippen molar-refractivity contribution in [3.8, 4) is 0 Å². The molecule has 0 atom stereocenters. The predicted octanol–water partition coefficient (Wildman–Crippen LogP) is 2.33. The Kier molecular flexibility index (Phi) is 2.63. The number of hydrogen-bond acceptors (Lipinski definition) is 1. The Morgan fingerprint density at radius 2 is 1.88 bits per heavy atom. The van der Waals surface area contributed by atoms with Crippen molar-refractivity contribution < 1.29 is 13.2 Å². The van der Waals surface area contributed by atoms with E-state index in [1.807, 2.05) is 0 Å². The lowest BCUT2D eigenvalue weighted by Gasteiger charge is -2.07. The zero-order chi connectivity index (χ0) is 11.9. The summed E-state index contributed by atoms with van der Waals surface area (Å²) in [7, 11) is 0. The fourth-order valence-electron chi connectivity index (χ4n) is 1.88. The van der Waals surface area contributed by atoms with Gasteiger partial charge in [0.1, 0.15) is 0 Å². The van der Waals surface area contributed by atoms with Crippen LogP contribution in [0.15, 0.2) is 12.1 Å². The highest BCUT2D eigenvalue weighted by atomic mass is 19.2. The zero-order valence-corrected chi connectivity index (χ0v) is 8.73. The molecular formula is C11H11F3N2. The first kappa shape index (κ1) is 11.0. The van der Waals surface area contributed by atoms with Gasteiger partial charge in [-0.25, -0.2) is 13.2 Å². The number of rotatable bonds is 2. The maximum atomic E-state index is 13.6. The lowest BCUT2D eigenvalue weighted by Crippen LogP contribution is -2.11. The summed E-state index contributed by atoms with van der Waals surface area (Å²) >= 11 is 0. The molecule has 1 aromatic carbocycles.